The van der Waals surface area contributed by atoms with Gasteiger partial charge in [-0.1, -0.05) is 55.0 Å². The minimum atomic E-state index is 0.212. The van der Waals surface area contributed by atoms with Crippen molar-refractivity contribution < 1.29 is 4.79 Å². The topological polar surface area (TPSA) is 52.9 Å². The molecular weight excluding hydrogens is 364 g/mol. The number of carbonyl (C=O) groups excluding carboxylic acids is 1. The van der Waals surface area contributed by atoms with Crippen LogP contribution in [0.3, 0.4) is 0 Å². The van der Waals surface area contributed by atoms with E-state index in [9.17, 15) is 4.79 Å². The number of nitrogens with one attached hydrogen (secondary N) is 1. The van der Waals surface area contributed by atoms with Gasteiger partial charge in [-0.2, -0.15) is 5.26 Å². The molecule has 1 fully saturated rings. The number of hydrogen-bond acceptors (Lipinski definition) is 3. The Labute approximate surface area is 176 Å². The molecule has 1 amide bonds. The van der Waals surface area contributed by atoms with E-state index in [-0.39, 0.29) is 5.91 Å². The highest BCUT2D eigenvalue weighted by Crippen LogP contribution is 2.18. The Morgan fingerprint density at radius 1 is 0.857 bits per heavy atom. The van der Waals surface area contributed by atoms with E-state index in [4.69, 9.17) is 5.26 Å². The van der Waals surface area contributed by atoms with Crippen molar-refractivity contribution in [3.05, 3.63) is 48.6 Å². The number of rotatable bonds is 17. The van der Waals surface area contributed by atoms with E-state index in [0.717, 1.165) is 63.5 Å². The Kier molecular flexibility index (Phi) is 16.2. The number of unbranched alkanes of at least 4 members (excludes halogenated alkanes) is 4. The van der Waals surface area contributed by atoms with Crippen LogP contribution in [-0.2, 0) is 4.79 Å². The Morgan fingerprint density at radius 2 is 1.43 bits per heavy atom. The lowest BCUT2D eigenvalue weighted by Gasteiger charge is -2.00. The molecule has 0 heterocycles. The third-order valence-corrected chi connectivity index (χ3v) is 5.00. The first kappa shape index (κ1) is 24.3. The average molecular weight is 401 g/mol. The summed E-state index contributed by atoms with van der Waals surface area (Å²) >= 11 is 1.36. The molecular formula is C24H36N2OS. The molecule has 0 atom stereocenters. The zero-order chi connectivity index (χ0) is 20.1. The largest absolute Gasteiger partial charge is 0.353 e. The smallest absolute Gasteiger partial charge is 0.220 e. The summed E-state index contributed by atoms with van der Waals surface area (Å²) in [6.07, 6.45) is 30.2. The highest BCUT2D eigenvalue weighted by molar-refractivity contribution is 8.03. The van der Waals surface area contributed by atoms with Crippen LogP contribution in [0.15, 0.2) is 48.6 Å². The van der Waals surface area contributed by atoms with Gasteiger partial charge in [-0.15, -0.1) is 0 Å². The minimum Gasteiger partial charge on any atom is -0.353 e. The van der Waals surface area contributed by atoms with Crippen molar-refractivity contribution in [1.82, 2.24) is 5.32 Å². The fraction of sp³-hybridized carbons (Fsp3) is 0.583. The second-order valence-electron chi connectivity index (χ2n) is 7.12. The first-order chi connectivity index (χ1) is 13.8. The quantitative estimate of drug-likeness (QED) is 0.170. The van der Waals surface area contributed by atoms with Gasteiger partial charge in [0.05, 0.1) is 0 Å². The SMILES string of the molecule is N#CSCCCCCC=CCC=CCC=CCC=CCCCC(=O)NC1CC1. The molecule has 1 rings (SSSR count). The van der Waals surface area contributed by atoms with Crippen molar-refractivity contribution in [3.63, 3.8) is 0 Å². The maximum atomic E-state index is 11.5. The van der Waals surface area contributed by atoms with Crippen LogP contribution >= 0.6 is 11.8 Å². The summed E-state index contributed by atoms with van der Waals surface area (Å²) < 4.78 is 0. The Balaban J connectivity index is 1.84. The fourth-order valence-corrected chi connectivity index (χ4v) is 3.06. The number of hydrogen-bond donors (Lipinski definition) is 1. The van der Waals surface area contributed by atoms with Crippen LogP contribution in [0.4, 0.5) is 0 Å². The van der Waals surface area contributed by atoms with Crippen molar-refractivity contribution in [2.45, 2.75) is 83.1 Å². The number of nitriles is 1. The van der Waals surface area contributed by atoms with E-state index in [0.29, 0.717) is 12.5 Å². The van der Waals surface area contributed by atoms with Gasteiger partial charge in [0, 0.05) is 18.2 Å². The Hall–Kier alpha value is -1.73. The normalized spacial score (nSPS) is 14.5. The lowest BCUT2D eigenvalue weighted by molar-refractivity contribution is -0.121. The molecule has 1 saturated carbocycles. The molecule has 0 aromatic rings. The zero-order valence-corrected chi connectivity index (χ0v) is 18.0. The summed E-state index contributed by atoms with van der Waals surface area (Å²) in [4.78, 5) is 11.5. The minimum absolute atomic E-state index is 0.212. The van der Waals surface area contributed by atoms with Gasteiger partial charge >= 0.3 is 0 Å². The summed E-state index contributed by atoms with van der Waals surface area (Å²) in [6.45, 7) is 0. The van der Waals surface area contributed by atoms with Gasteiger partial charge in [-0.3, -0.25) is 4.79 Å². The Bertz CT molecular complexity index is 553. The number of thiocyanates is 1. The number of thioether (sulfide) groups is 1. The summed E-state index contributed by atoms with van der Waals surface area (Å²) in [5, 5.41) is 13.6. The van der Waals surface area contributed by atoms with Gasteiger partial charge in [0.2, 0.25) is 5.91 Å². The highest BCUT2D eigenvalue weighted by atomic mass is 32.2. The lowest BCUT2D eigenvalue weighted by Crippen LogP contribution is -2.24. The third-order valence-electron chi connectivity index (χ3n) is 4.38. The van der Waals surface area contributed by atoms with Crippen molar-refractivity contribution >= 4 is 17.7 Å². The number of allylic oxidation sites excluding steroid dienone is 8. The molecule has 0 bridgehead atoms. The van der Waals surface area contributed by atoms with Crippen LogP contribution < -0.4 is 5.32 Å². The van der Waals surface area contributed by atoms with Crippen molar-refractivity contribution in [3.8, 4) is 5.40 Å². The van der Waals surface area contributed by atoms with Crippen LogP contribution in [0.25, 0.3) is 0 Å². The molecule has 0 spiro atoms. The molecule has 1 aliphatic rings. The van der Waals surface area contributed by atoms with Crippen molar-refractivity contribution in [2.75, 3.05) is 5.75 Å². The van der Waals surface area contributed by atoms with E-state index >= 15 is 0 Å². The standard InChI is InChI=1S/C24H36N2OS/c25-22-28-21-17-15-13-11-9-7-5-3-1-2-4-6-8-10-12-14-16-18-24(27)26-23-19-20-23/h1,3-4,6-7,9-10,12,23H,2,5,8,11,13-21H2,(H,26,27). The molecule has 0 aromatic carbocycles. The molecule has 4 heteroatoms. The van der Waals surface area contributed by atoms with Gasteiger partial charge in [-0.05, 0) is 76.0 Å². The zero-order valence-electron chi connectivity index (χ0n) is 17.2. The molecule has 0 saturated heterocycles. The van der Waals surface area contributed by atoms with Crippen LogP contribution in [0, 0.1) is 10.7 Å². The van der Waals surface area contributed by atoms with E-state index < -0.39 is 0 Å². The molecule has 0 aromatic heterocycles. The molecule has 0 aliphatic heterocycles. The maximum Gasteiger partial charge on any atom is 0.220 e. The summed E-state index contributed by atoms with van der Waals surface area (Å²) in [5.74, 6) is 1.18. The third kappa shape index (κ3) is 17.7. The average Bonchev–Trinajstić information content (AvgIpc) is 3.50. The number of amides is 1. The fourth-order valence-electron chi connectivity index (χ4n) is 2.62. The molecule has 28 heavy (non-hydrogen) atoms. The van der Waals surface area contributed by atoms with Gasteiger partial charge in [0.15, 0.2) is 0 Å². The van der Waals surface area contributed by atoms with Crippen LogP contribution in [0.5, 0.6) is 0 Å². The van der Waals surface area contributed by atoms with Gasteiger partial charge in [-0.25, -0.2) is 0 Å². The molecule has 1 aliphatic carbocycles. The van der Waals surface area contributed by atoms with Gasteiger partial charge in [0.1, 0.15) is 5.40 Å². The lowest BCUT2D eigenvalue weighted by atomic mass is 10.2. The maximum absolute atomic E-state index is 11.5. The van der Waals surface area contributed by atoms with E-state index in [1.165, 1.54) is 24.6 Å². The first-order valence-corrected chi connectivity index (χ1v) is 11.7. The molecule has 154 valence electrons. The predicted molar refractivity (Wildman–Crippen MR) is 122 cm³/mol. The van der Waals surface area contributed by atoms with Crippen molar-refractivity contribution in [1.29, 1.82) is 5.26 Å². The summed E-state index contributed by atoms with van der Waals surface area (Å²) in [5.41, 5.74) is 0. The highest BCUT2D eigenvalue weighted by Gasteiger charge is 2.22. The second kappa shape index (κ2) is 18.6. The molecule has 3 nitrogen and oxygen atoms in total. The number of nitrogens with zero attached hydrogens (tertiary/aromatic N) is 1. The van der Waals surface area contributed by atoms with Crippen LogP contribution in [-0.4, -0.2) is 17.7 Å². The van der Waals surface area contributed by atoms with Crippen LogP contribution in [0.2, 0.25) is 0 Å². The molecule has 0 radical (unpaired) electrons. The van der Waals surface area contributed by atoms with E-state index in [2.05, 4.69) is 59.3 Å². The summed E-state index contributed by atoms with van der Waals surface area (Å²) in [7, 11) is 0. The monoisotopic (exact) mass is 400 g/mol. The van der Waals surface area contributed by atoms with Crippen molar-refractivity contribution in [2.24, 2.45) is 0 Å². The first-order valence-electron chi connectivity index (χ1n) is 10.7. The van der Waals surface area contributed by atoms with Gasteiger partial charge < -0.3 is 5.32 Å². The number of carbonyl (C=O) groups is 1. The second-order valence-corrected chi connectivity index (χ2v) is 8.00. The predicted octanol–water partition coefficient (Wildman–Crippen LogP) is 6.61. The Morgan fingerprint density at radius 3 is 2.00 bits per heavy atom. The molecule has 0 unspecified atom stereocenters. The molecule has 1 N–H and O–H groups in total. The van der Waals surface area contributed by atoms with E-state index in [1.54, 1.807) is 0 Å². The van der Waals surface area contributed by atoms with E-state index in [1.807, 2.05) is 0 Å². The summed E-state index contributed by atoms with van der Waals surface area (Å²) in [6, 6.07) is 0.480. The van der Waals surface area contributed by atoms with Crippen LogP contribution in [0.1, 0.15) is 77.0 Å². The van der Waals surface area contributed by atoms with Gasteiger partial charge in [0.25, 0.3) is 0 Å².